The molecule has 0 aromatic heterocycles. The van der Waals surface area contributed by atoms with Crippen LogP contribution < -0.4 is 14.8 Å². The van der Waals surface area contributed by atoms with Gasteiger partial charge in [0.15, 0.2) is 41.9 Å². The van der Waals surface area contributed by atoms with Gasteiger partial charge in [-0.3, -0.25) is 33.6 Å². The molecule has 6 rings (SSSR count). The number of methoxy groups -OCH3 is 2. The van der Waals surface area contributed by atoms with Gasteiger partial charge in [0.2, 0.25) is 0 Å². The Morgan fingerprint density at radius 1 is 0.746 bits per heavy atom. The fourth-order valence-electron chi connectivity index (χ4n) is 8.03. The average molecular weight is 878 g/mol. The zero-order chi connectivity index (χ0) is 46.5. The molecule has 3 aromatic carbocycles. The molecule has 1 heterocycles. The molecule has 0 bridgehead atoms. The summed E-state index contributed by atoms with van der Waals surface area (Å²) in [7, 11) is 2.36. The van der Waals surface area contributed by atoms with Crippen molar-refractivity contribution in [2.45, 2.75) is 97.4 Å². The van der Waals surface area contributed by atoms with Crippen LogP contribution in [0.5, 0.6) is 23.0 Å². The van der Waals surface area contributed by atoms with Gasteiger partial charge in [0.25, 0.3) is 5.91 Å². The van der Waals surface area contributed by atoms with Gasteiger partial charge in [0.1, 0.15) is 35.5 Å². The van der Waals surface area contributed by atoms with Crippen LogP contribution in [0.15, 0.2) is 24.3 Å². The molecule has 0 spiro atoms. The topological polar surface area (TPSA) is 283 Å². The van der Waals surface area contributed by atoms with Crippen molar-refractivity contribution in [2.75, 3.05) is 14.2 Å². The molecule has 3 aliphatic rings. The third-order valence-corrected chi connectivity index (χ3v) is 10.6. The highest BCUT2D eigenvalue weighted by Gasteiger charge is 2.53. The summed E-state index contributed by atoms with van der Waals surface area (Å²) < 4.78 is 44.7. The molecule has 20 nitrogen and oxygen atoms in total. The molecule has 3 aromatic rings. The Morgan fingerprint density at radius 2 is 1.33 bits per heavy atom. The Morgan fingerprint density at radius 3 is 1.92 bits per heavy atom. The van der Waals surface area contributed by atoms with E-state index >= 15 is 0 Å². The smallest absolute Gasteiger partial charge is 0.328 e. The Hall–Kier alpha value is -6.90. The van der Waals surface area contributed by atoms with Crippen molar-refractivity contribution in [1.82, 2.24) is 5.32 Å². The maximum atomic E-state index is 14.3. The van der Waals surface area contributed by atoms with E-state index in [-0.39, 0.29) is 39.1 Å². The van der Waals surface area contributed by atoms with Crippen LogP contribution in [0, 0.1) is 6.92 Å². The van der Waals surface area contributed by atoms with Crippen molar-refractivity contribution in [3.8, 4) is 34.1 Å². The van der Waals surface area contributed by atoms with Gasteiger partial charge < -0.3 is 58.5 Å². The van der Waals surface area contributed by atoms with Crippen LogP contribution in [-0.2, 0) is 52.4 Å². The number of phenolic OH excluding ortho intramolecular Hbond substituents is 2. The molecule has 1 fully saturated rings. The van der Waals surface area contributed by atoms with E-state index in [2.05, 4.69) is 5.32 Å². The van der Waals surface area contributed by atoms with Crippen molar-refractivity contribution < 1.29 is 91.6 Å². The van der Waals surface area contributed by atoms with Crippen molar-refractivity contribution in [1.29, 1.82) is 0 Å². The minimum absolute atomic E-state index is 0.0000551. The number of fused-ring (bicyclic) bond motifs is 5. The molecule has 0 unspecified atom stereocenters. The first-order valence-electron chi connectivity index (χ1n) is 19.3. The summed E-state index contributed by atoms with van der Waals surface area (Å²) >= 11 is 0. The second kappa shape index (κ2) is 17.5. The van der Waals surface area contributed by atoms with Gasteiger partial charge in [-0.05, 0) is 49.6 Å². The van der Waals surface area contributed by atoms with E-state index in [1.54, 1.807) is 0 Å². The zero-order valence-electron chi connectivity index (χ0n) is 35.3. The fourth-order valence-corrected chi connectivity index (χ4v) is 8.03. The predicted molar refractivity (Wildman–Crippen MR) is 210 cm³/mol. The number of nitrogens with one attached hydrogen (secondary N) is 1. The molecule has 20 heteroatoms. The van der Waals surface area contributed by atoms with E-state index in [0.717, 1.165) is 46.9 Å². The lowest BCUT2D eigenvalue weighted by atomic mass is 9.74. The summed E-state index contributed by atoms with van der Waals surface area (Å²) in [5, 5.41) is 38.0. The largest absolute Gasteiger partial charge is 0.507 e. The minimum Gasteiger partial charge on any atom is -0.507 e. The molecule has 63 heavy (non-hydrogen) atoms. The summed E-state index contributed by atoms with van der Waals surface area (Å²) in [6, 6.07) is 3.42. The molecule has 1 saturated heterocycles. The molecule has 4 N–H and O–H groups in total. The Balaban J connectivity index is 1.64. The lowest BCUT2D eigenvalue weighted by molar-refractivity contribution is -0.317. The van der Waals surface area contributed by atoms with Crippen molar-refractivity contribution in [3.05, 3.63) is 68.8 Å². The Bertz CT molecular complexity index is 2490. The third kappa shape index (κ3) is 8.27. The molecule has 1 amide bonds. The molecule has 1 aliphatic heterocycles. The number of hydrogen-bond acceptors (Lipinski definition) is 19. The first-order valence-corrected chi connectivity index (χ1v) is 19.3. The fraction of sp³-hybridized carbons (Fsp3) is 0.395. The summed E-state index contributed by atoms with van der Waals surface area (Å²) in [4.78, 5) is 105. The number of aliphatic hydroxyl groups excluding tert-OH is 1. The van der Waals surface area contributed by atoms with Crippen LogP contribution in [0.3, 0.4) is 0 Å². The van der Waals surface area contributed by atoms with Crippen LogP contribution in [0.2, 0.25) is 0 Å². The number of esters is 5. The van der Waals surface area contributed by atoms with Gasteiger partial charge in [0.05, 0.1) is 37.0 Å². The van der Waals surface area contributed by atoms with Crippen LogP contribution in [-0.4, -0.2) is 114 Å². The average Bonchev–Trinajstić information content (AvgIpc) is 3.19. The Labute approximate surface area is 358 Å². The lowest BCUT2D eigenvalue weighted by Gasteiger charge is -2.45. The Kier molecular flexibility index (Phi) is 12.6. The van der Waals surface area contributed by atoms with Crippen LogP contribution in [0.4, 0.5) is 0 Å². The van der Waals surface area contributed by atoms with Gasteiger partial charge in [-0.15, -0.1) is 0 Å². The van der Waals surface area contributed by atoms with Crippen LogP contribution >= 0.6 is 0 Å². The SMILES string of the molecule is COC(=O)[C@@H](C)NC(=O)c1c(C)cc2c(c1OC(C)=O)-c1c(cc3c(c1O)C(=O)c1cc(OC)cc(O)c1C3=O)[C@H](O)[C@H]2O[C@@H]1O[C@H](C)[C@H](OC(C)=O)[C@H](OC(C)=O)[C@H]1OC(C)=O. The second-order valence-electron chi connectivity index (χ2n) is 14.9. The minimum atomic E-state index is -1.96. The molecule has 0 radical (unpaired) electrons. The first-order chi connectivity index (χ1) is 29.6. The van der Waals surface area contributed by atoms with E-state index in [9.17, 15) is 53.7 Å². The molecule has 2 aliphatic carbocycles. The van der Waals surface area contributed by atoms with E-state index in [4.69, 9.17) is 37.9 Å². The number of ketones is 2. The number of aryl methyl sites for hydroxylation is 1. The van der Waals surface area contributed by atoms with Gasteiger partial charge >= 0.3 is 29.8 Å². The molecule has 0 saturated carbocycles. The summed E-state index contributed by atoms with van der Waals surface area (Å²) in [6.07, 6.45) is -11.2. The lowest BCUT2D eigenvalue weighted by Crippen LogP contribution is -2.61. The van der Waals surface area contributed by atoms with Crippen molar-refractivity contribution in [3.63, 3.8) is 0 Å². The number of carbonyl (C=O) groups is 8. The van der Waals surface area contributed by atoms with E-state index in [1.165, 1.54) is 40.0 Å². The number of aromatic hydroxyl groups is 2. The third-order valence-electron chi connectivity index (χ3n) is 10.6. The maximum absolute atomic E-state index is 14.3. The van der Waals surface area contributed by atoms with Crippen molar-refractivity contribution in [2.24, 2.45) is 0 Å². The number of hydrogen-bond donors (Lipinski definition) is 4. The van der Waals surface area contributed by atoms with E-state index in [1.807, 2.05) is 0 Å². The second-order valence-corrected chi connectivity index (χ2v) is 14.9. The molecule has 8 atom stereocenters. The molecular weight excluding hydrogens is 834 g/mol. The van der Waals surface area contributed by atoms with Gasteiger partial charge in [-0.1, -0.05) is 6.07 Å². The van der Waals surface area contributed by atoms with Crippen molar-refractivity contribution >= 4 is 47.3 Å². The number of aliphatic hydroxyl groups is 1. The normalized spacial score (nSPS) is 22.5. The highest BCUT2D eigenvalue weighted by Crippen LogP contribution is 2.57. The number of benzene rings is 3. The summed E-state index contributed by atoms with van der Waals surface area (Å²) in [5.41, 5.74) is -3.34. The zero-order valence-corrected chi connectivity index (χ0v) is 35.3. The predicted octanol–water partition coefficient (Wildman–Crippen LogP) is 2.72. The number of ether oxygens (including phenoxy) is 8. The van der Waals surface area contributed by atoms with Gasteiger partial charge in [-0.25, -0.2) is 4.79 Å². The number of amides is 1. The van der Waals surface area contributed by atoms with E-state index < -0.39 is 136 Å². The maximum Gasteiger partial charge on any atom is 0.328 e. The summed E-state index contributed by atoms with van der Waals surface area (Å²) in [5.74, 6) is -9.42. The quantitative estimate of drug-likeness (QED) is 0.101. The first kappa shape index (κ1) is 45.6. The number of carbonyl (C=O) groups excluding carboxylic acids is 8. The monoisotopic (exact) mass is 877 g/mol. The number of phenols is 2. The molecular formula is C43H43NO19. The van der Waals surface area contributed by atoms with Gasteiger partial charge in [-0.2, -0.15) is 0 Å². The number of rotatable bonds is 10. The van der Waals surface area contributed by atoms with E-state index in [0.29, 0.717) is 0 Å². The highest BCUT2D eigenvalue weighted by molar-refractivity contribution is 6.31. The molecule has 334 valence electrons. The summed E-state index contributed by atoms with van der Waals surface area (Å²) in [6.45, 7) is 8.34. The van der Waals surface area contributed by atoms with Crippen LogP contribution in [0.1, 0.15) is 113 Å². The highest BCUT2D eigenvalue weighted by atomic mass is 16.7. The van der Waals surface area contributed by atoms with Gasteiger partial charge in [0, 0.05) is 56.0 Å². The van der Waals surface area contributed by atoms with Crippen LogP contribution in [0.25, 0.3) is 11.1 Å². The standard InChI is InChI=1S/C43H43NO19/c1-14-10-25-30(38(60-18(5)46)27(14)41(54)44-15(2)42(55)57-9)29-23(13-24-31(35(29)53)33(51)22-11-21(56-8)12-26(49)28(22)32(24)50)34(52)37(25)63-43-40(62-20(7)48)39(61-19(6)47)36(16(3)58-43)59-17(4)45/h10-13,15-16,34,36-37,39-40,43,49,52-53H,1-9H3,(H,44,54)/t15-,16-,34+,36+,37+,39+,40-,43+/m1/s1.